The first-order chi connectivity index (χ1) is 16.2. The predicted molar refractivity (Wildman–Crippen MR) is 124 cm³/mol. The molecule has 0 bridgehead atoms. The molecule has 3 aromatic heterocycles. The molecule has 8 heteroatoms. The first-order valence-electron chi connectivity index (χ1n) is 12.0. The van der Waals surface area contributed by atoms with Crippen LogP contribution < -0.4 is 4.74 Å². The third kappa shape index (κ3) is 4.83. The van der Waals surface area contributed by atoms with E-state index < -0.39 is 0 Å². The fourth-order valence-electron chi connectivity index (χ4n) is 4.98. The number of aryl methyl sites for hydroxylation is 1. The monoisotopic (exact) mass is 446 g/mol. The van der Waals surface area contributed by atoms with Gasteiger partial charge in [0.2, 0.25) is 11.7 Å². The van der Waals surface area contributed by atoms with Crippen LogP contribution in [0.4, 0.5) is 0 Å². The Bertz CT molecular complexity index is 1160. The number of nitrogens with zero attached hydrogens (tertiary/aromatic N) is 6. The minimum atomic E-state index is 0.132. The summed E-state index contributed by atoms with van der Waals surface area (Å²) in [5, 5.41) is 9.52. The van der Waals surface area contributed by atoms with Crippen LogP contribution in [0.3, 0.4) is 0 Å². The molecule has 1 aliphatic carbocycles. The summed E-state index contributed by atoms with van der Waals surface area (Å²) in [5.41, 5.74) is 3.74. The summed E-state index contributed by atoms with van der Waals surface area (Å²) in [7, 11) is 0. The summed E-state index contributed by atoms with van der Waals surface area (Å²) >= 11 is 0. The molecule has 2 fully saturated rings. The van der Waals surface area contributed by atoms with Gasteiger partial charge in [0.25, 0.3) is 0 Å². The van der Waals surface area contributed by atoms with Crippen molar-refractivity contribution in [1.29, 1.82) is 5.26 Å². The normalized spacial score (nSPS) is 19.1. The minimum absolute atomic E-state index is 0.132. The van der Waals surface area contributed by atoms with E-state index in [-0.39, 0.29) is 5.82 Å². The molecule has 3 aromatic rings. The van der Waals surface area contributed by atoms with E-state index in [1.807, 2.05) is 17.6 Å². The van der Waals surface area contributed by atoms with E-state index in [4.69, 9.17) is 9.47 Å². The second-order valence-electron chi connectivity index (χ2n) is 9.29. The van der Waals surface area contributed by atoms with E-state index in [2.05, 4.69) is 26.0 Å². The fourth-order valence-corrected chi connectivity index (χ4v) is 4.98. The van der Waals surface area contributed by atoms with Crippen molar-refractivity contribution in [3.8, 4) is 23.2 Å². The maximum Gasteiger partial charge on any atom is 0.234 e. The third-order valence-corrected chi connectivity index (χ3v) is 6.84. The molecule has 1 unspecified atom stereocenters. The number of pyridine rings is 1. The molecule has 0 aromatic carbocycles. The van der Waals surface area contributed by atoms with Crippen LogP contribution in [0.25, 0.3) is 22.4 Å². The summed E-state index contributed by atoms with van der Waals surface area (Å²) in [6.45, 7) is 5.00. The molecule has 0 radical (unpaired) electrons. The SMILES string of the molecule is Cc1cc(-c2nc(C#N)nc3c2ncn3CC2CCOC2)cnc1OCCC1CCCCC1. The zero-order valence-corrected chi connectivity index (χ0v) is 19.2. The largest absolute Gasteiger partial charge is 0.477 e. The highest BCUT2D eigenvalue weighted by molar-refractivity contribution is 5.87. The number of hydrogen-bond donors (Lipinski definition) is 0. The smallest absolute Gasteiger partial charge is 0.234 e. The van der Waals surface area contributed by atoms with Gasteiger partial charge < -0.3 is 14.0 Å². The van der Waals surface area contributed by atoms with Crippen LogP contribution in [-0.4, -0.2) is 44.3 Å². The van der Waals surface area contributed by atoms with Crippen LogP contribution in [0, 0.1) is 30.1 Å². The van der Waals surface area contributed by atoms with Gasteiger partial charge in [0.15, 0.2) is 5.65 Å². The maximum atomic E-state index is 9.52. The Morgan fingerprint density at radius 1 is 1.15 bits per heavy atom. The molecule has 4 heterocycles. The van der Waals surface area contributed by atoms with E-state index in [0.29, 0.717) is 35.3 Å². The van der Waals surface area contributed by atoms with Crippen molar-refractivity contribution < 1.29 is 9.47 Å². The van der Waals surface area contributed by atoms with Gasteiger partial charge in [-0.05, 0) is 31.7 Å². The van der Waals surface area contributed by atoms with Gasteiger partial charge in [0, 0.05) is 36.4 Å². The van der Waals surface area contributed by atoms with Gasteiger partial charge in [0.1, 0.15) is 17.3 Å². The van der Waals surface area contributed by atoms with E-state index in [0.717, 1.165) is 49.6 Å². The van der Waals surface area contributed by atoms with Gasteiger partial charge in [-0.1, -0.05) is 32.1 Å². The molecule has 5 rings (SSSR count). The third-order valence-electron chi connectivity index (χ3n) is 6.84. The fraction of sp³-hybridized carbons (Fsp3) is 0.560. The Labute approximate surface area is 194 Å². The van der Waals surface area contributed by atoms with Crippen molar-refractivity contribution in [2.75, 3.05) is 19.8 Å². The Kier molecular flexibility index (Phi) is 6.49. The first kappa shape index (κ1) is 21.8. The number of aromatic nitrogens is 5. The summed E-state index contributed by atoms with van der Waals surface area (Å²) in [6.07, 6.45) is 12.4. The molecule has 0 N–H and O–H groups in total. The number of nitriles is 1. The summed E-state index contributed by atoms with van der Waals surface area (Å²) in [5.74, 6) is 2.00. The van der Waals surface area contributed by atoms with E-state index in [1.165, 1.54) is 32.1 Å². The Morgan fingerprint density at radius 3 is 2.79 bits per heavy atom. The highest BCUT2D eigenvalue weighted by Crippen LogP contribution is 2.30. The van der Waals surface area contributed by atoms with Crippen LogP contribution in [0.15, 0.2) is 18.6 Å². The molecule has 1 atom stereocenters. The van der Waals surface area contributed by atoms with E-state index in [1.54, 1.807) is 12.5 Å². The van der Waals surface area contributed by atoms with Gasteiger partial charge in [0.05, 0.1) is 19.5 Å². The molecule has 1 aliphatic heterocycles. The number of imidazole rings is 1. The van der Waals surface area contributed by atoms with Gasteiger partial charge in [-0.2, -0.15) is 10.2 Å². The Hall–Kier alpha value is -3.05. The quantitative estimate of drug-likeness (QED) is 0.528. The van der Waals surface area contributed by atoms with Crippen molar-refractivity contribution in [2.24, 2.45) is 11.8 Å². The topological polar surface area (TPSA) is 98.7 Å². The molecular formula is C25H30N6O2. The number of rotatable bonds is 7. The number of hydrogen-bond acceptors (Lipinski definition) is 7. The van der Waals surface area contributed by atoms with Gasteiger partial charge in [-0.25, -0.2) is 15.0 Å². The number of ether oxygens (including phenoxy) is 2. The molecule has 1 saturated heterocycles. The van der Waals surface area contributed by atoms with Crippen LogP contribution in [0.2, 0.25) is 0 Å². The van der Waals surface area contributed by atoms with Crippen LogP contribution in [0.5, 0.6) is 5.88 Å². The van der Waals surface area contributed by atoms with Crippen LogP contribution in [0.1, 0.15) is 56.3 Å². The van der Waals surface area contributed by atoms with E-state index >= 15 is 0 Å². The highest BCUT2D eigenvalue weighted by atomic mass is 16.5. The van der Waals surface area contributed by atoms with Crippen molar-refractivity contribution >= 4 is 11.2 Å². The lowest BCUT2D eigenvalue weighted by Crippen LogP contribution is -2.11. The lowest BCUT2D eigenvalue weighted by molar-refractivity contribution is 0.182. The second kappa shape index (κ2) is 9.84. The minimum Gasteiger partial charge on any atom is -0.477 e. The van der Waals surface area contributed by atoms with Crippen molar-refractivity contribution in [1.82, 2.24) is 24.5 Å². The Balaban J connectivity index is 1.37. The predicted octanol–water partition coefficient (Wildman–Crippen LogP) is 4.45. The van der Waals surface area contributed by atoms with Gasteiger partial charge in [-0.15, -0.1) is 0 Å². The van der Waals surface area contributed by atoms with Gasteiger partial charge >= 0.3 is 0 Å². The molecule has 0 amide bonds. The lowest BCUT2D eigenvalue weighted by Gasteiger charge is -2.21. The van der Waals surface area contributed by atoms with Crippen molar-refractivity contribution in [3.05, 3.63) is 30.0 Å². The van der Waals surface area contributed by atoms with Crippen LogP contribution in [-0.2, 0) is 11.3 Å². The second-order valence-corrected chi connectivity index (χ2v) is 9.29. The molecule has 1 saturated carbocycles. The highest BCUT2D eigenvalue weighted by Gasteiger charge is 2.21. The van der Waals surface area contributed by atoms with Crippen molar-refractivity contribution in [3.63, 3.8) is 0 Å². The molecule has 2 aliphatic rings. The van der Waals surface area contributed by atoms with Crippen LogP contribution >= 0.6 is 0 Å². The lowest BCUT2D eigenvalue weighted by atomic mass is 9.87. The summed E-state index contributed by atoms with van der Waals surface area (Å²) in [4.78, 5) is 18.1. The zero-order valence-electron chi connectivity index (χ0n) is 19.2. The van der Waals surface area contributed by atoms with E-state index in [9.17, 15) is 5.26 Å². The first-order valence-corrected chi connectivity index (χ1v) is 12.0. The number of fused-ring (bicyclic) bond motifs is 1. The average Bonchev–Trinajstić information content (AvgIpc) is 3.51. The molecule has 8 nitrogen and oxygen atoms in total. The molecule has 172 valence electrons. The standard InChI is InChI=1S/C25H30N6O2/c1-17-11-20(13-27-25(17)33-10-8-18-5-3-2-4-6-18)22-23-24(30-21(12-26)29-22)31(16-28-23)14-19-7-9-32-15-19/h11,13,16,18-19H,2-10,14-15H2,1H3. The molecular weight excluding hydrogens is 416 g/mol. The molecule has 33 heavy (non-hydrogen) atoms. The molecule has 0 spiro atoms. The van der Waals surface area contributed by atoms with Crippen molar-refractivity contribution in [2.45, 2.75) is 58.4 Å². The summed E-state index contributed by atoms with van der Waals surface area (Å²) < 4.78 is 13.5. The summed E-state index contributed by atoms with van der Waals surface area (Å²) in [6, 6.07) is 4.10. The Morgan fingerprint density at radius 2 is 2.03 bits per heavy atom. The average molecular weight is 447 g/mol. The maximum absolute atomic E-state index is 9.52. The zero-order chi connectivity index (χ0) is 22.6. The van der Waals surface area contributed by atoms with Gasteiger partial charge in [-0.3, -0.25) is 0 Å².